The predicted molar refractivity (Wildman–Crippen MR) is 114 cm³/mol. The maximum absolute atomic E-state index is 3.46. The van der Waals surface area contributed by atoms with Crippen molar-refractivity contribution in [3.05, 3.63) is 18.2 Å². The van der Waals surface area contributed by atoms with Crippen LogP contribution in [0, 0.1) is 5.92 Å². The van der Waals surface area contributed by atoms with Crippen LogP contribution >= 0.6 is 0 Å². The Kier molecular flexibility index (Phi) is 14.7. The number of unbranched alkanes of at least 4 members (excludes halogenated alkanes) is 12. The molecule has 1 N–H and O–H groups in total. The van der Waals surface area contributed by atoms with Gasteiger partial charge in [-0.3, -0.25) is 0 Å². The maximum Gasteiger partial charge on any atom is 0.254 e. The van der Waals surface area contributed by atoms with E-state index in [1.807, 2.05) is 0 Å². The third kappa shape index (κ3) is 12.5. The minimum absolute atomic E-state index is 0.884. The number of imidazole rings is 1. The van der Waals surface area contributed by atoms with Gasteiger partial charge in [0, 0.05) is 6.42 Å². The lowest BCUT2D eigenvalue weighted by Crippen LogP contribution is -2.36. The van der Waals surface area contributed by atoms with Crippen LogP contribution in [-0.2, 0) is 13.0 Å². The minimum Gasteiger partial charge on any atom is -0.248 e. The molecule has 0 aliphatic heterocycles. The number of nitrogens with zero attached hydrogens (tertiary/aromatic N) is 1. The van der Waals surface area contributed by atoms with Crippen LogP contribution in [0.15, 0.2) is 12.4 Å². The number of aromatic amines is 1. The van der Waals surface area contributed by atoms with Gasteiger partial charge in [-0.15, -0.1) is 0 Å². The zero-order valence-corrected chi connectivity index (χ0v) is 18.2. The number of rotatable bonds is 18. The third-order valence-corrected chi connectivity index (χ3v) is 5.55. The lowest BCUT2D eigenvalue weighted by Gasteiger charge is -2.04. The molecule has 2 heteroatoms. The molecule has 0 aliphatic rings. The molecule has 0 spiro atoms. The van der Waals surface area contributed by atoms with E-state index in [0.717, 1.165) is 5.92 Å². The highest BCUT2D eigenvalue weighted by molar-refractivity contribution is 4.77. The Balaban J connectivity index is 1.94. The minimum atomic E-state index is 0.884. The second kappa shape index (κ2) is 16.4. The Morgan fingerprint density at radius 3 is 2.00 bits per heavy atom. The molecule has 1 aromatic rings. The Morgan fingerprint density at radius 1 is 0.769 bits per heavy atom. The Morgan fingerprint density at radius 2 is 1.35 bits per heavy atom. The van der Waals surface area contributed by atoms with E-state index >= 15 is 0 Å². The molecule has 1 aromatic heterocycles. The van der Waals surface area contributed by atoms with Crippen LogP contribution in [0.3, 0.4) is 0 Å². The van der Waals surface area contributed by atoms with Crippen molar-refractivity contribution in [3.63, 3.8) is 0 Å². The number of nitrogens with one attached hydrogen (secondary N) is 1. The van der Waals surface area contributed by atoms with Gasteiger partial charge in [-0.1, -0.05) is 97.8 Å². The average molecular weight is 364 g/mol. The molecular formula is C24H47N2+. The van der Waals surface area contributed by atoms with Gasteiger partial charge in [-0.25, -0.2) is 9.55 Å². The molecule has 0 unspecified atom stereocenters. The number of H-pyrrole nitrogens is 1. The topological polar surface area (TPSA) is 19.7 Å². The van der Waals surface area contributed by atoms with E-state index in [1.165, 1.54) is 115 Å². The molecule has 0 saturated heterocycles. The van der Waals surface area contributed by atoms with Gasteiger partial charge in [0.2, 0.25) is 0 Å². The van der Waals surface area contributed by atoms with Crippen LogP contribution in [0.4, 0.5) is 0 Å². The molecule has 0 aliphatic carbocycles. The van der Waals surface area contributed by atoms with Crippen LogP contribution in [-0.4, -0.2) is 4.98 Å². The van der Waals surface area contributed by atoms with Gasteiger partial charge in [0.15, 0.2) is 0 Å². The summed E-state index contributed by atoms with van der Waals surface area (Å²) in [7, 11) is 0. The lowest BCUT2D eigenvalue weighted by atomic mass is 10.0. The zero-order valence-electron chi connectivity index (χ0n) is 18.2. The van der Waals surface area contributed by atoms with Gasteiger partial charge < -0.3 is 0 Å². The second-order valence-corrected chi connectivity index (χ2v) is 8.63. The summed E-state index contributed by atoms with van der Waals surface area (Å²) in [4.78, 5) is 3.46. The zero-order chi connectivity index (χ0) is 18.9. The normalized spacial score (nSPS) is 11.5. The first-order valence-corrected chi connectivity index (χ1v) is 11.8. The van der Waals surface area contributed by atoms with Gasteiger partial charge in [0.05, 0.1) is 6.54 Å². The van der Waals surface area contributed by atoms with Crippen LogP contribution in [0.1, 0.15) is 123 Å². The second-order valence-electron chi connectivity index (χ2n) is 8.63. The predicted octanol–water partition coefficient (Wildman–Crippen LogP) is 7.37. The average Bonchev–Trinajstić information content (AvgIpc) is 3.06. The fourth-order valence-corrected chi connectivity index (χ4v) is 3.79. The molecule has 0 bridgehead atoms. The molecule has 0 amide bonds. The molecule has 2 nitrogen and oxygen atoms in total. The van der Waals surface area contributed by atoms with Gasteiger partial charge in [0.25, 0.3) is 5.82 Å². The molecule has 0 fully saturated rings. The van der Waals surface area contributed by atoms with Crippen molar-refractivity contribution < 1.29 is 4.57 Å². The molecular weight excluding hydrogens is 316 g/mol. The monoisotopic (exact) mass is 363 g/mol. The van der Waals surface area contributed by atoms with E-state index in [4.69, 9.17) is 0 Å². The molecule has 0 radical (unpaired) electrons. The van der Waals surface area contributed by atoms with E-state index in [1.54, 1.807) is 0 Å². The van der Waals surface area contributed by atoms with Crippen LogP contribution in [0.25, 0.3) is 0 Å². The van der Waals surface area contributed by atoms with Crippen molar-refractivity contribution in [2.24, 2.45) is 5.92 Å². The molecule has 0 saturated carbocycles. The van der Waals surface area contributed by atoms with E-state index in [9.17, 15) is 0 Å². The fourth-order valence-electron chi connectivity index (χ4n) is 3.79. The molecule has 1 heterocycles. The molecule has 0 atom stereocenters. The van der Waals surface area contributed by atoms with Gasteiger partial charge in [-0.2, -0.15) is 0 Å². The Hall–Kier alpha value is -0.790. The highest BCUT2D eigenvalue weighted by atomic mass is 15.1. The van der Waals surface area contributed by atoms with Crippen LogP contribution < -0.4 is 4.57 Å². The molecule has 26 heavy (non-hydrogen) atoms. The Labute approximate surface area is 164 Å². The van der Waals surface area contributed by atoms with E-state index < -0.39 is 0 Å². The van der Waals surface area contributed by atoms with Crippen molar-refractivity contribution in [1.29, 1.82) is 0 Å². The number of aryl methyl sites for hydroxylation is 2. The maximum atomic E-state index is 3.46. The summed E-state index contributed by atoms with van der Waals surface area (Å²) < 4.78 is 2.45. The van der Waals surface area contributed by atoms with Crippen LogP contribution in [0.2, 0.25) is 0 Å². The number of hydrogen-bond acceptors (Lipinski definition) is 0. The van der Waals surface area contributed by atoms with Crippen molar-refractivity contribution in [2.75, 3.05) is 0 Å². The summed E-state index contributed by atoms with van der Waals surface area (Å²) in [6.07, 6.45) is 26.6. The first-order valence-electron chi connectivity index (χ1n) is 11.8. The molecule has 1 rings (SSSR count). The summed E-state index contributed by atoms with van der Waals surface area (Å²) in [5.74, 6) is 2.32. The summed E-state index contributed by atoms with van der Waals surface area (Å²) >= 11 is 0. The van der Waals surface area contributed by atoms with Crippen molar-refractivity contribution >= 4 is 0 Å². The SMILES string of the molecule is CCCCCCC[n+]1cc[nH]c1CCCCCCCCCCCC(C)C. The van der Waals surface area contributed by atoms with E-state index in [-0.39, 0.29) is 0 Å². The van der Waals surface area contributed by atoms with Crippen molar-refractivity contribution in [2.45, 2.75) is 130 Å². The summed E-state index contributed by atoms with van der Waals surface area (Å²) in [6.45, 7) is 8.15. The molecule has 0 aromatic carbocycles. The fraction of sp³-hybridized carbons (Fsp3) is 0.875. The summed E-state index contributed by atoms with van der Waals surface area (Å²) in [6, 6.07) is 0. The Bertz CT molecular complexity index is 408. The largest absolute Gasteiger partial charge is 0.254 e. The van der Waals surface area contributed by atoms with E-state index in [2.05, 4.69) is 42.7 Å². The van der Waals surface area contributed by atoms with Crippen LogP contribution in [0.5, 0.6) is 0 Å². The van der Waals surface area contributed by atoms with Crippen molar-refractivity contribution in [1.82, 2.24) is 4.98 Å². The first-order chi connectivity index (χ1) is 12.7. The van der Waals surface area contributed by atoms with Gasteiger partial charge in [0.1, 0.15) is 12.4 Å². The quantitative estimate of drug-likeness (QED) is 0.207. The first kappa shape index (κ1) is 23.2. The van der Waals surface area contributed by atoms with Gasteiger partial charge in [-0.05, 0) is 25.2 Å². The summed E-state index contributed by atoms with van der Waals surface area (Å²) in [5, 5.41) is 0. The summed E-state index contributed by atoms with van der Waals surface area (Å²) in [5.41, 5.74) is 0. The van der Waals surface area contributed by atoms with E-state index in [0.29, 0.717) is 0 Å². The molecule has 152 valence electrons. The number of hydrogen-bond donors (Lipinski definition) is 1. The lowest BCUT2D eigenvalue weighted by molar-refractivity contribution is -0.703. The number of aromatic nitrogens is 2. The van der Waals surface area contributed by atoms with Gasteiger partial charge >= 0.3 is 0 Å². The van der Waals surface area contributed by atoms with Crippen molar-refractivity contribution in [3.8, 4) is 0 Å². The highest BCUT2D eigenvalue weighted by Crippen LogP contribution is 2.13. The highest BCUT2D eigenvalue weighted by Gasteiger charge is 2.09. The third-order valence-electron chi connectivity index (χ3n) is 5.55. The standard InChI is InChI=1S/C24H46N2/c1-4-5-6-14-17-21-26-22-20-25-24(26)19-16-13-11-9-7-8-10-12-15-18-23(2)3/h20,22-23H,4-19,21H2,1-3H3/p+1. The smallest absolute Gasteiger partial charge is 0.248 e.